The lowest BCUT2D eigenvalue weighted by molar-refractivity contribution is 0.0943. The van der Waals surface area contributed by atoms with Gasteiger partial charge in [-0.15, -0.1) is 11.3 Å². The number of hydrogen-bond acceptors (Lipinski definition) is 6. The molecule has 0 spiro atoms. The molecule has 150 valence electrons. The van der Waals surface area contributed by atoms with Crippen LogP contribution in [0.1, 0.15) is 22.5 Å². The topological polar surface area (TPSA) is 61.9 Å². The number of amides is 1. The van der Waals surface area contributed by atoms with Gasteiger partial charge in [0.1, 0.15) is 6.10 Å². The Hall–Kier alpha value is -2.09. The normalized spacial score (nSPS) is 16.5. The number of benzene rings is 1. The van der Waals surface area contributed by atoms with Gasteiger partial charge in [0.15, 0.2) is 5.78 Å². The average Bonchev–Trinajstić information content (AvgIpc) is 3.26. The lowest BCUT2D eigenvalue weighted by Crippen LogP contribution is -2.24. The largest absolute Gasteiger partial charge is 0.444 e. The lowest BCUT2D eigenvalue weighted by Gasteiger charge is -2.15. The van der Waals surface area contributed by atoms with Gasteiger partial charge in [-0.3, -0.25) is 9.69 Å². The molecule has 1 aliphatic heterocycles. The summed E-state index contributed by atoms with van der Waals surface area (Å²) in [5.74, 6) is 0.0274. The number of halogens is 1. The summed E-state index contributed by atoms with van der Waals surface area (Å²) in [5, 5.41) is 3.34. The van der Waals surface area contributed by atoms with Crippen LogP contribution in [-0.4, -0.2) is 56.6 Å². The summed E-state index contributed by atoms with van der Waals surface area (Å²) in [6, 6.07) is 11.2. The number of nitrogens with one attached hydrogen (secondary N) is 1. The van der Waals surface area contributed by atoms with Crippen molar-refractivity contribution in [3.05, 3.63) is 45.6 Å². The molecule has 1 fully saturated rings. The van der Waals surface area contributed by atoms with E-state index >= 15 is 0 Å². The van der Waals surface area contributed by atoms with Crippen LogP contribution < -0.4 is 10.2 Å². The highest BCUT2D eigenvalue weighted by atomic mass is 35.5. The van der Waals surface area contributed by atoms with Crippen molar-refractivity contribution < 1.29 is 14.3 Å². The fourth-order valence-electron chi connectivity index (χ4n) is 2.95. The summed E-state index contributed by atoms with van der Waals surface area (Å²) in [7, 11) is 4.06. The van der Waals surface area contributed by atoms with Gasteiger partial charge in [-0.2, -0.15) is 0 Å². The Morgan fingerprint density at radius 2 is 2.04 bits per heavy atom. The van der Waals surface area contributed by atoms with Crippen LogP contribution in [0, 0.1) is 0 Å². The number of Topliss-reactive ketones (excluding diaryl/α,β-unsaturated/α-hetero) is 1. The number of ketones is 1. The van der Waals surface area contributed by atoms with Crippen molar-refractivity contribution in [3.8, 4) is 0 Å². The molecule has 1 aromatic heterocycles. The molecule has 6 nitrogen and oxygen atoms in total. The van der Waals surface area contributed by atoms with Gasteiger partial charge in [-0.25, -0.2) is 4.79 Å². The molecule has 2 heterocycles. The van der Waals surface area contributed by atoms with Gasteiger partial charge >= 0.3 is 6.09 Å². The molecule has 28 heavy (non-hydrogen) atoms. The molecule has 0 aliphatic carbocycles. The van der Waals surface area contributed by atoms with E-state index in [9.17, 15) is 9.59 Å². The minimum absolute atomic E-state index is 0.0274. The Labute approximate surface area is 174 Å². The highest BCUT2D eigenvalue weighted by Crippen LogP contribution is 2.27. The number of carbonyl (C=O) groups excluding carboxylic acids is 2. The summed E-state index contributed by atoms with van der Waals surface area (Å²) in [4.78, 5) is 28.8. The van der Waals surface area contributed by atoms with Crippen molar-refractivity contribution in [2.75, 3.05) is 43.9 Å². The predicted molar refractivity (Wildman–Crippen MR) is 114 cm³/mol. The van der Waals surface area contributed by atoms with Crippen molar-refractivity contribution in [2.45, 2.75) is 18.9 Å². The molecule has 1 saturated heterocycles. The molecule has 1 N–H and O–H groups in total. The molecular weight excluding hydrogens is 398 g/mol. The standard InChI is InChI=1S/C20H24ClN3O3S/c1-23(2)12-11-22-14-3-5-15(6-4-14)24-13-16(27-20(24)26)7-8-17(25)18-9-10-19(21)28-18/h3-6,9-10,16,22H,7-8,11-13H2,1-2H3/t16-/m0/s1. The van der Waals surface area contributed by atoms with Crippen LogP contribution in [0.25, 0.3) is 0 Å². The van der Waals surface area contributed by atoms with Crippen LogP contribution in [0.15, 0.2) is 36.4 Å². The molecule has 0 unspecified atom stereocenters. The van der Waals surface area contributed by atoms with E-state index in [2.05, 4.69) is 10.2 Å². The second-order valence-corrected chi connectivity index (χ2v) is 8.67. The van der Waals surface area contributed by atoms with Crippen LogP contribution >= 0.6 is 22.9 Å². The minimum atomic E-state index is -0.370. The number of thiophene rings is 1. The quantitative estimate of drug-likeness (QED) is 0.609. The van der Waals surface area contributed by atoms with E-state index < -0.39 is 0 Å². The van der Waals surface area contributed by atoms with Gasteiger partial charge in [0.25, 0.3) is 0 Å². The number of anilines is 2. The summed E-state index contributed by atoms with van der Waals surface area (Å²) in [6.45, 7) is 2.24. The third-order valence-corrected chi connectivity index (χ3v) is 5.75. The predicted octanol–water partition coefficient (Wildman–Crippen LogP) is 4.36. The molecular formula is C20H24ClN3O3S. The molecule has 1 atom stereocenters. The number of nitrogens with zero attached hydrogens (tertiary/aromatic N) is 2. The second-order valence-electron chi connectivity index (χ2n) is 6.96. The van der Waals surface area contributed by atoms with Crippen molar-refractivity contribution in [2.24, 2.45) is 0 Å². The zero-order valence-electron chi connectivity index (χ0n) is 16.0. The van der Waals surface area contributed by atoms with E-state index in [0.29, 0.717) is 28.6 Å². The molecule has 2 aromatic rings. The van der Waals surface area contributed by atoms with Crippen LogP contribution in [0.5, 0.6) is 0 Å². The molecule has 1 amide bonds. The second kappa shape index (κ2) is 9.41. The molecule has 0 radical (unpaired) electrons. The first kappa shape index (κ1) is 20.6. The first-order chi connectivity index (χ1) is 13.4. The fourth-order valence-corrected chi connectivity index (χ4v) is 3.96. The van der Waals surface area contributed by atoms with Gasteiger partial charge in [-0.1, -0.05) is 11.6 Å². The van der Waals surface area contributed by atoms with E-state index in [1.165, 1.54) is 11.3 Å². The molecule has 0 bridgehead atoms. The zero-order chi connectivity index (χ0) is 20.1. The Balaban J connectivity index is 1.50. The van der Waals surface area contributed by atoms with Crippen molar-refractivity contribution in [1.82, 2.24) is 4.90 Å². The van der Waals surface area contributed by atoms with Gasteiger partial charge in [0.2, 0.25) is 0 Å². The number of ether oxygens (including phenoxy) is 1. The first-order valence-corrected chi connectivity index (χ1v) is 10.4. The summed E-state index contributed by atoms with van der Waals surface area (Å²) >= 11 is 7.15. The number of rotatable bonds is 9. The average molecular weight is 422 g/mol. The SMILES string of the molecule is CN(C)CCNc1ccc(N2C[C@H](CCC(=O)c3ccc(Cl)s3)OC2=O)cc1. The highest BCUT2D eigenvalue weighted by molar-refractivity contribution is 7.18. The van der Waals surface area contributed by atoms with Gasteiger partial charge in [-0.05, 0) is 56.9 Å². The molecule has 3 rings (SSSR count). The van der Waals surface area contributed by atoms with Crippen LogP contribution in [0.4, 0.5) is 16.2 Å². The maximum Gasteiger partial charge on any atom is 0.414 e. The fraction of sp³-hybridized carbons (Fsp3) is 0.400. The van der Waals surface area contributed by atoms with Crippen LogP contribution in [-0.2, 0) is 4.74 Å². The maximum atomic E-state index is 12.2. The zero-order valence-corrected chi connectivity index (χ0v) is 17.6. The van der Waals surface area contributed by atoms with Crippen LogP contribution in [0.3, 0.4) is 0 Å². The lowest BCUT2D eigenvalue weighted by atomic mass is 10.1. The Morgan fingerprint density at radius 1 is 1.29 bits per heavy atom. The van der Waals surface area contributed by atoms with Gasteiger partial charge in [0.05, 0.1) is 15.8 Å². The smallest absolute Gasteiger partial charge is 0.414 e. The Morgan fingerprint density at radius 3 is 2.68 bits per heavy atom. The maximum absolute atomic E-state index is 12.2. The third-order valence-electron chi connectivity index (χ3n) is 4.48. The van der Waals surface area contributed by atoms with Crippen molar-refractivity contribution >= 4 is 46.2 Å². The molecule has 8 heteroatoms. The Kier molecular flexibility index (Phi) is 6.93. The molecule has 1 aromatic carbocycles. The minimum Gasteiger partial charge on any atom is -0.444 e. The summed E-state index contributed by atoms with van der Waals surface area (Å²) in [6.07, 6.45) is 0.174. The van der Waals surface area contributed by atoms with Gasteiger partial charge < -0.3 is 15.0 Å². The summed E-state index contributed by atoms with van der Waals surface area (Å²) < 4.78 is 6.03. The number of cyclic esters (lactones) is 1. The highest BCUT2D eigenvalue weighted by Gasteiger charge is 2.32. The third kappa shape index (κ3) is 5.47. The number of carbonyl (C=O) groups is 2. The number of likely N-dealkylation sites (N-methyl/N-ethyl adjacent to an activating group) is 1. The van der Waals surface area contributed by atoms with Crippen molar-refractivity contribution in [3.63, 3.8) is 0 Å². The summed E-state index contributed by atoms with van der Waals surface area (Å²) in [5.41, 5.74) is 1.80. The number of hydrogen-bond donors (Lipinski definition) is 1. The molecule has 1 aliphatic rings. The molecule has 0 saturated carbocycles. The van der Waals surface area contributed by atoms with Crippen molar-refractivity contribution in [1.29, 1.82) is 0 Å². The van der Waals surface area contributed by atoms with E-state index in [-0.39, 0.29) is 18.0 Å². The van der Waals surface area contributed by atoms with Crippen LogP contribution in [0.2, 0.25) is 4.34 Å². The van der Waals surface area contributed by atoms with E-state index in [0.717, 1.165) is 24.5 Å². The van der Waals surface area contributed by atoms with E-state index in [1.54, 1.807) is 17.0 Å². The van der Waals surface area contributed by atoms with E-state index in [4.69, 9.17) is 16.3 Å². The van der Waals surface area contributed by atoms with Gasteiger partial charge in [0, 0.05) is 30.9 Å². The first-order valence-electron chi connectivity index (χ1n) is 9.18. The monoisotopic (exact) mass is 421 g/mol. The van der Waals surface area contributed by atoms with E-state index in [1.807, 2.05) is 38.4 Å². The Bertz CT molecular complexity index is 822.